The summed E-state index contributed by atoms with van der Waals surface area (Å²) in [4.78, 5) is 16.6. The fourth-order valence-electron chi connectivity index (χ4n) is 3.48. The van der Waals surface area contributed by atoms with Gasteiger partial charge in [-0.2, -0.15) is 0 Å². The molecule has 0 radical (unpaired) electrons. The van der Waals surface area contributed by atoms with Gasteiger partial charge in [0.2, 0.25) is 0 Å². The number of anilines is 1. The Kier molecular flexibility index (Phi) is 5.86. The number of carbonyl (C=O) groups is 1. The summed E-state index contributed by atoms with van der Waals surface area (Å²) in [5.74, 6) is 0.694. The molecule has 156 valence electrons. The minimum absolute atomic E-state index is 0.141. The molecule has 2 aromatic carbocycles. The maximum atomic E-state index is 12.5. The van der Waals surface area contributed by atoms with Crippen molar-refractivity contribution in [2.75, 3.05) is 11.6 Å². The Morgan fingerprint density at radius 1 is 0.968 bits per heavy atom. The molecular weight excluding hydrogens is 406 g/mol. The van der Waals surface area contributed by atoms with Gasteiger partial charge in [0.25, 0.3) is 5.91 Å². The summed E-state index contributed by atoms with van der Waals surface area (Å²) in [5.41, 5.74) is 6.59. The standard InChI is InChI=1S/C24H23N5OS/c1-15-5-6-18(22-27-28-24(31-4)29(22)3)13-21(15)17-7-9-19(10-8-17)26-23(30)20-11-12-25-14-16(20)2/h5-14H,1-4H3,(H,26,30). The Morgan fingerprint density at radius 3 is 2.39 bits per heavy atom. The molecule has 0 aliphatic rings. The number of aromatic nitrogens is 4. The topological polar surface area (TPSA) is 72.7 Å². The highest BCUT2D eigenvalue weighted by Gasteiger charge is 2.13. The average molecular weight is 430 g/mol. The second kappa shape index (κ2) is 8.73. The lowest BCUT2D eigenvalue weighted by Crippen LogP contribution is -2.13. The molecule has 0 unspecified atom stereocenters. The van der Waals surface area contributed by atoms with Crippen molar-refractivity contribution >= 4 is 23.4 Å². The molecule has 0 fully saturated rings. The number of nitrogens with zero attached hydrogens (tertiary/aromatic N) is 4. The Balaban J connectivity index is 1.60. The van der Waals surface area contributed by atoms with Crippen molar-refractivity contribution < 1.29 is 4.79 Å². The van der Waals surface area contributed by atoms with E-state index < -0.39 is 0 Å². The van der Waals surface area contributed by atoms with Crippen molar-refractivity contribution in [2.45, 2.75) is 19.0 Å². The highest BCUT2D eigenvalue weighted by molar-refractivity contribution is 7.98. The van der Waals surface area contributed by atoms with Crippen LogP contribution in [0, 0.1) is 13.8 Å². The molecule has 7 heteroatoms. The lowest BCUT2D eigenvalue weighted by molar-refractivity contribution is 0.102. The third-order valence-corrected chi connectivity index (χ3v) is 5.95. The average Bonchev–Trinajstić information content (AvgIpc) is 3.15. The van der Waals surface area contributed by atoms with Crippen LogP contribution in [0.25, 0.3) is 22.5 Å². The van der Waals surface area contributed by atoms with E-state index in [1.54, 1.807) is 30.2 Å². The lowest BCUT2D eigenvalue weighted by Gasteiger charge is -2.11. The zero-order valence-corrected chi connectivity index (χ0v) is 18.7. The summed E-state index contributed by atoms with van der Waals surface area (Å²) < 4.78 is 2.00. The van der Waals surface area contributed by atoms with Crippen LogP contribution in [-0.2, 0) is 7.05 Å². The van der Waals surface area contributed by atoms with E-state index in [-0.39, 0.29) is 5.91 Å². The van der Waals surface area contributed by atoms with Crippen LogP contribution in [0.4, 0.5) is 5.69 Å². The minimum Gasteiger partial charge on any atom is -0.322 e. The van der Waals surface area contributed by atoms with E-state index in [0.717, 1.165) is 38.9 Å². The third-order valence-electron chi connectivity index (χ3n) is 5.23. The van der Waals surface area contributed by atoms with Crippen LogP contribution in [0.3, 0.4) is 0 Å². The fourth-order valence-corrected chi connectivity index (χ4v) is 3.96. The number of benzene rings is 2. The molecule has 0 saturated heterocycles. The van der Waals surface area contributed by atoms with Crippen molar-refractivity contribution in [3.63, 3.8) is 0 Å². The molecule has 1 N–H and O–H groups in total. The number of aryl methyl sites for hydroxylation is 2. The van der Waals surface area contributed by atoms with Crippen molar-refractivity contribution in [1.82, 2.24) is 19.7 Å². The zero-order valence-electron chi connectivity index (χ0n) is 17.9. The van der Waals surface area contributed by atoms with E-state index in [4.69, 9.17) is 0 Å². The molecule has 0 saturated carbocycles. The Bertz CT molecular complexity index is 1250. The number of carbonyl (C=O) groups excluding carboxylic acids is 1. The first-order valence-corrected chi connectivity index (χ1v) is 11.1. The number of rotatable bonds is 5. The van der Waals surface area contributed by atoms with E-state index in [0.29, 0.717) is 5.56 Å². The Labute approximate surface area is 185 Å². The van der Waals surface area contributed by atoms with Crippen LogP contribution in [0.1, 0.15) is 21.5 Å². The van der Waals surface area contributed by atoms with Gasteiger partial charge in [-0.15, -0.1) is 10.2 Å². The normalized spacial score (nSPS) is 10.8. The van der Waals surface area contributed by atoms with Gasteiger partial charge < -0.3 is 9.88 Å². The van der Waals surface area contributed by atoms with Gasteiger partial charge in [0.15, 0.2) is 11.0 Å². The SMILES string of the molecule is CSc1nnc(-c2ccc(C)c(-c3ccc(NC(=O)c4ccncc4C)cc3)c2)n1C. The molecule has 0 spiro atoms. The fraction of sp³-hybridized carbons (Fsp3) is 0.167. The summed E-state index contributed by atoms with van der Waals surface area (Å²) in [6.45, 7) is 3.96. The summed E-state index contributed by atoms with van der Waals surface area (Å²) in [6, 6.07) is 15.9. The molecule has 2 heterocycles. The lowest BCUT2D eigenvalue weighted by atomic mass is 9.97. The summed E-state index contributed by atoms with van der Waals surface area (Å²) in [7, 11) is 1.97. The van der Waals surface area contributed by atoms with E-state index >= 15 is 0 Å². The maximum Gasteiger partial charge on any atom is 0.256 e. The largest absolute Gasteiger partial charge is 0.322 e. The van der Waals surface area contributed by atoms with E-state index in [2.05, 4.69) is 45.6 Å². The van der Waals surface area contributed by atoms with Crippen LogP contribution in [0.5, 0.6) is 0 Å². The molecule has 0 bridgehead atoms. The van der Waals surface area contributed by atoms with Crippen LogP contribution in [0.2, 0.25) is 0 Å². The second-order valence-corrected chi connectivity index (χ2v) is 8.09. The minimum atomic E-state index is -0.141. The van der Waals surface area contributed by atoms with Gasteiger partial charge >= 0.3 is 0 Å². The zero-order chi connectivity index (χ0) is 22.0. The van der Waals surface area contributed by atoms with E-state index in [1.165, 1.54) is 5.56 Å². The predicted molar refractivity (Wildman–Crippen MR) is 125 cm³/mol. The molecule has 4 rings (SSSR count). The molecule has 4 aromatic rings. The number of hydrogen-bond acceptors (Lipinski definition) is 5. The van der Waals surface area contributed by atoms with Gasteiger partial charge in [-0.05, 0) is 66.6 Å². The van der Waals surface area contributed by atoms with Gasteiger partial charge in [0.05, 0.1) is 0 Å². The molecule has 31 heavy (non-hydrogen) atoms. The first-order valence-electron chi connectivity index (χ1n) is 9.84. The van der Waals surface area contributed by atoms with Crippen LogP contribution >= 0.6 is 11.8 Å². The van der Waals surface area contributed by atoms with Crippen molar-refractivity contribution in [3.8, 4) is 22.5 Å². The quantitative estimate of drug-likeness (QED) is 0.445. The molecule has 6 nitrogen and oxygen atoms in total. The third kappa shape index (κ3) is 4.22. The molecular formula is C24H23N5OS. The van der Waals surface area contributed by atoms with Gasteiger partial charge in [0, 0.05) is 36.3 Å². The second-order valence-electron chi connectivity index (χ2n) is 7.32. The highest BCUT2D eigenvalue weighted by atomic mass is 32.2. The maximum absolute atomic E-state index is 12.5. The van der Waals surface area contributed by atoms with Gasteiger partial charge in [-0.1, -0.05) is 36.0 Å². The molecule has 0 atom stereocenters. The molecule has 0 aliphatic carbocycles. The first-order chi connectivity index (χ1) is 15.0. The van der Waals surface area contributed by atoms with Crippen LogP contribution in [0.15, 0.2) is 66.1 Å². The number of hydrogen-bond donors (Lipinski definition) is 1. The van der Waals surface area contributed by atoms with Gasteiger partial charge in [-0.25, -0.2) is 0 Å². The smallest absolute Gasteiger partial charge is 0.256 e. The number of pyridine rings is 1. The first kappa shape index (κ1) is 20.8. The predicted octanol–water partition coefficient (Wildman–Crippen LogP) is 5.14. The van der Waals surface area contributed by atoms with Crippen LogP contribution in [-0.4, -0.2) is 31.9 Å². The molecule has 2 aromatic heterocycles. The highest BCUT2D eigenvalue weighted by Crippen LogP contribution is 2.30. The van der Waals surface area contributed by atoms with Crippen molar-refractivity contribution in [3.05, 3.63) is 77.6 Å². The molecule has 1 amide bonds. The Hall–Kier alpha value is -3.45. The van der Waals surface area contributed by atoms with Crippen LogP contribution < -0.4 is 5.32 Å². The van der Waals surface area contributed by atoms with Crippen molar-refractivity contribution in [1.29, 1.82) is 0 Å². The van der Waals surface area contributed by atoms with Gasteiger partial charge in [0.1, 0.15) is 0 Å². The monoisotopic (exact) mass is 429 g/mol. The Morgan fingerprint density at radius 2 is 1.71 bits per heavy atom. The number of amides is 1. The summed E-state index contributed by atoms with van der Waals surface area (Å²) >= 11 is 1.57. The summed E-state index contributed by atoms with van der Waals surface area (Å²) in [6.07, 6.45) is 5.30. The van der Waals surface area contributed by atoms with E-state index in [1.807, 2.05) is 49.1 Å². The summed E-state index contributed by atoms with van der Waals surface area (Å²) in [5, 5.41) is 12.4. The van der Waals surface area contributed by atoms with Crippen molar-refractivity contribution in [2.24, 2.45) is 7.05 Å². The van der Waals surface area contributed by atoms with Gasteiger partial charge in [-0.3, -0.25) is 9.78 Å². The number of thioether (sulfide) groups is 1. The molecule has 0 aliphatic heterocycles. The number of nitrogens with one attached hydrogen (secondary N) is 1. The van der Waals surface area contributed by atoms with E-state index in [9.17, 15) is 4.79 Å².